The van der Waals surface area contributed by atoms with E-state index < -0.39 is 0 Å². The third-order valence-corrected chi connectivity index (χ3v) is 1.19. The monoisotopic (exact) mass is 162 g/mol. The van der Waals surface area contributed by atoms with Gasteiger partial charge in [0.2, 0.25) is 0 Å². The number of carbonyl (C=O) groups excluding carboxylic acids is 1. The normalized spacial score (nSPS) is 8.50. The third kappa shape index (κ3) is 1.86. The molecule has 1 aromatic rings. The smallest absolute Gasteiger partial charge is 0.185 e. The Morgan fingerprint density at radius 2 is 2.30 bits per heavy atom. The van der Waals surface area contributed by atoms with Gasteiger partial charge in [0.05, 0.1) is 5.88 Å². The van der Waals surface area contributed by atoms with Gasteiger partial charge in [-0.2, -0.15) is 0 Å². The molecule has 0 amide bonds. The van der Waals surface area contributed by atoms with Crippen molar-refractivity contribution in [3.05, 3.63) is 23.7 Å². The predicted molar refractivity (Wildman–Crippen MR) is 37.3 cm³/mol. The first-order valence-corrected chi connectivity index (χ1v) is 3.00. The molecule has 0 aliphatic rings. The zero-order chi connectivity index (χ0) is 6.69. The summed E-state index contributed by atoms with van der Waals surface area (Å²) in [6, 6.07) is 3.27. The predicted octanol–water partition coefficient (Wildman–Crippen LogP) is 1.01. The number of halogens is 1. The molecule has 1 heterocycles. The molecule has 3 nitrogen and oxygen atoms in total. The van der Waals surface area contributed by atoms with Crippen LogP contribution in [-0.4, -0.2) is 11.8 Å². The van der Waals surface area contributed by atoms with E-state index in [1.165, 1.54) is 0 Å². The minimum absolute atomic E-state index is 0. The van der Waals surface area contributed by atoms with Crippen LogP contribution in [-0.2, 0) is 5.88 Å². The number of carbonyl (C=O) groups is 1. The first-order chi connectivity index (χ1) is 4.36. The fraction of sp³-hybridized carbons (Fsp3) is 0.167. The van der Waals surface area contributed by atoms with E-state index in [4.69, 9.17) is 16.0 Å². The molecular weight excluding hydrogens is 156 g/mol. The average Bonchev–Trinajstić information content (AvgIpc) is 2.34. The van der Waals surface area contributed by atoms with Gasteiger partial charge in [0.25, 0.3) is 0 Å². The largest absolute Gasteiger partial charge is 0.457 e. The molecule has 2 N–H and O–H groups in total. The molecule has 1 rings (SSSR count). The Bertz CT molecular complexity index is 207. The van der Waals surface area contributed by atoms with Gasteiger partial charge >= 0.3 is 0 Å². The van der Waals surface area contributed by atoms with Gasteiger partial charge in [-0.05, 0) is 12.1 Å². The summed E-state index contributed by atoms with van der Waals surface area (Å²) in [4.78, 5) is 10.00. The highest BCUT2D eigenvalue weighted by molar-refractivity contribution is 6.16. The molecule has 0 fully saturated rings. The van der Waals surface area contributed by atoms with Crippen molar-refractivity contribution in [1.29, 1.82) is 0 Å². The van der Waals surface area contributed by atoms with Crippen LogP contribution in [0.2, 0.25) is 0 Å². The molecule has 0 spiro atoms. The molecule has 10 heavy (non-hydrogen) atoms. The molecule has 0 aliphatic carbocycles. The molecule has 0 saturated heterocycles. The van der Waals surface area contributed by atoms with Gasteiger partial charge in [-0.15, -0.1) is 11.6 Å². The van der Waals surface area contributed by atoms with E-state index in [1.807, 2.05) is 0 Å². The quantitative estimate of drug-likeness (QED) is 0.481. The lowest BCUT2D eigenvalue weighted by Crippen LogP contribution is -1.69. The molecule has 0 unspecified atom stereocenters. The zero-order valence-electron chi connectivity index (χ0n) is 5.13. The van der Waals surface area contributed by atoms with E-state index in [0.29, 0.717) is 23.7 Å². The molecule has 0 aromatic carbocycles. The first kappa shape index (κ1) is 9.20. The Morgan fingerprint density at radius 1 is 1.60 bits per heavy atom. The highest BCUT2D eigenvalue weighted by atomic mass is 35.5. The van der Waals surface area contributed by atoms with Crippen LogP contribution in [0.4, 0.5) is 0 Å². The van der Waals surface area contributed by atoms with Gasteiger partial charge in [-0.25, -0.2) is 0 Å². The maximum atomic E-state index is 10.00. The van der Waals surface area contributed by atoms with Crippen molar-refractivity contribution in [3.8, 4) is 0 Å². The van der Waals surface area contributed by atoms with Crippen molar-refractivity contribution in [1.82, 2.24) is 0 Å². The van der Waals surface area contributed by atoms with Crippen LogP contribution in [0.25, 0.3) is 0 Å². The Morgan fingerprint density at radius 3 is 2.60 bits per heavy atom. The minimum Gasteiger partial charge on any atom is -0.457 e. The molecule has 0 saturated carbocycles. The lowest BCUT2D eigenvalue weighted by atomic mass is 10.4. The van der Waals surface area contributed by atoms with Crippen LogP contribution >= 0.6 is 11.6 Å². The van der Waals surface area contributed by atoms with Crippen LogP contribution < -0.4 is 0 Å². The number of rotatable bonds is 2. The molecule has 0 atom stereocenters. The fourth-order valence-corrected chi connectivity index (χ4v) is 0.673. The number of hydrogen-bond acceptors (Lipinski definition) is 2. The summed E-state index contributed by atoms with van der Waals surface area (Å²) in [6.07, 6.45) is 0.649. The van der Waals surface area contributed by atoms with Crippen LogP contribution in [0.15, 0.2) is 16.5 Å². The van der Waals surface area contributed by atoms with E-state index in [-0.39, 0.29) is 5.48 Å². The molecule has 0 bridgehead atoms. The second-order valence-corrected chi connectivity index (χ2v) is 1.82. The van der Waals surface area contributed by atoms with E-state index in [2.05, 4.69) is 0 Å². The van der Waals surface area contributed by atoms with Gasteiger partial charge < -0.3 is 9.89 Å². The minimum atomic E-state index is 0. The molecule has 0 aliphatic heterocycles. The summed E-state index contributed by atoms with van der Waals surface area (Å²) in [7, 11) is 0. The second-order valence-electron chi connectivity index (χ2n) is 1.56. The lowest BCUT2D eigenvalue weighted by molar-refractivity contribution is 0.109. The number of alkyl halides is 1. The molecule has 0 radical (unpaired) electrons. The van der Waals surface area contributed by atoms with Crippen molar-refractivity contribution < 1.29 is 14.7 Å². The fourth-order valence-electron chi connectivity index (χ4n) is 0.530. The maximum absolute atomic E-state index is 10.00. The highest BCUT2D eigenvalue weighted by Crippen LogP contribution is 2.07. The van der Waals surface area contributed by atoms with Crippen molar-refractivity contribution >= 4 is 17.9 Å². The summed E-state index contributed by atoms with van der Waals surface area (Å²) in [5.74, 6) is 1.26. The Balaban J connectivity index is 0.000000810. The van der Waals surface area contributed by atoms with Crippen molar-refractivity contribution in [2.45, 2.75) is 5.88 Å². The first-order valence-electron chi connectivity index (χ1n) is 2.46. The standard InChI is InChI=1S/C6H5ClO2.H2O/c7-3-5-1-2-6(4-8)9-5;/h1-2,4H,3H2;1H2. The zero-order valence-corrected chi connectivity index (χ0v) is 5.89. The molecule has 4 heteroatoms. The third-order valence-electron chi connectivity index (χ3n) is 0.930. The summed E-state index contributed by atoms with van der Waals surface area (Å²) >= 11 is 5.39. The second kappa shape index (κ2) is 4.09. The summed E-state index contributed by atoms with van der Waals surface area (Å²) in [5, 5.41) is 0. The SMILES string of the molecule is O.O=Cc1ccc(CCl)o1. The molecular formula is C6H7ClO3. The van der Waals surface area contributed by atoms with Gasteiger partial charge in [0.15, 0.2) is 12.0 Å². The maximum Gasteiger partial charge on any atom is 0.185 e. The topological polar surface area (TPSA) is 61.7 Å². The van der Waals surface area contributed by atoms with Crippen molar-refractivity contribution in [2.75, 3.05) is 0 Å². The Hall–Kier alpha value is -0.800. The average molecular weight is 163 g/mol. The molecule has 56 valence electrons. The van der Waals surface area contributed by atoms with Gasteiger partial charge in [0.1, 0.15) is 5.76 Å². The van der Waals surface area contributed by atoms with Crippen LogP contribution in [0.1, 0.15) is 16.3 Å². The molecule has 1 aromatic heterocycles. The Kier molecular flexibility index (Phi) is 3.76. The van der Waals surface area contributed by atoms with Crippen molar-refractivity contribution in [2.24, 2.45) is 0 Å². The number of hydrogen-bond donors (Lipinski definition) is 0. The van der Waals surface area contributed by atoms with Gasteiger partial charge in [-0.1, -0.05) is 0 Å². The highest BCUT2D eigenvalue weighted by Gasteiger charge is 1.96. The van der Waals surface area contributed by atoms with E-state index in [0.717, 1.165) is 0 Å². The van der Waals surface area contributed by atoms with Crippen LogP contribution in [0.5, 0.6) is 0 Å². The summed E-state index contributed by atoms with van der Waals surface area (Å²) in [6.45, 7) is 0. The van der Waals surface area contributed by atoms with Crippen LogP contribution in [0, 0.1) is 0 Å². The van der Waals surface area contributed by atoms with Crippen LogP contribution in [0.3, 0.4) is 0 Å². The van der Waals surface area contributed by atoms with Gasteiger partial charge in [0, 0.05) is 0 Å². The van der Waals surface area contributed by atoms with E-state index in [9.17, 15) is 4.79 Å². The summed E-state index contributed by atoms with van der Waals surface area (Å²) in [5.41, 5.74) is 0. The number of aldehydes is 1. The lowest BCUT2D eigenvalue weighted by Gasteiger charge is -1.81. The van der Waals surface area contributed by atoms with Crippen molar-refractivity contribution in [3.63, 3.8) is 0 Å². The Labute approximate surface area is 62.9 Å². The van der Waals surface area contributed by atoms with E-state index >= 15 is 0 Å². The summed E-state index contributed by atoms with van der Waals surface area (Å²) < 4.78 is 4.88. The van der Waals surface area contributed by atoms with Gasteiger partial charge in [-0.3, -0.25) is 4.79 Å². The number of furan rings is 1. The van der Waals surface area contributed by atoms with E-state index in [1.54, 1.807) is 12.1 Å².